The molecule has 2 aliphatic heterocycles. The van der Waals surface area contributed by atoms with E-state index in [0.717, 1.165) is 19.4 Å². The number of aromatic nitrogens is 2. The zero-order valence-corrected chi connectivity index (χ0v) is 10.3. The predicted octanol–water partition coefficient (Wildman–Crippen LogP) is -0.888. The van der Waals surface area contributed by atoms with Crippen LogP contribution in [0.1, 0.15) is 41.8 Å². The van der Waals surface area contributed by atoms with Crippen LogP contribution in [0.2, 0.25) is 0 Å². The van der Waals surface area contributed by atoms with Crippen molar-refractivity contribution in [1.29, 1.82) is 0 Å². The minimum absolute atomic E-state index is 0.0167. The van der Waals surface area contributed by atoms with Gasteiger partial charge in [-0.25, -0.2) is 0 Å². The van der Waals surface area contributed by atoms with Crippen molar-refractivity contribution in [1.82, 2.24) is 26.1 Å². The average Bonchev–Trinajstić information content (AvgIpc) is 3.08. The number of amides is 2. The first kappa shape index (κ1) is 12.1. The smallest absolute Gasteiger partial charge is 0.292 e. The number of carbonyl (C=O) groups excluding carboxylic acids is 2. The fourth-order valence-electron chi connectivity index (χ4n) is 2.32. The van der Waals surface area contributed by atoms with Gasteiger partial charge in [-0.1, -0.05) is 5.16 Å². The number of nitrogens with one attached hydrogen (secondary N) is 3. The minimum Gasteiger partial charge on any atom is -0.354 e. The van der Waals surface area contributed by atoms with E-state index in [9.17, 15) is 9.59 Å². The molecule has 3 N–H and O–H groups in total. The summed E-state index contributed by atoms with van der Waals surface area (Å²) < 4.78 is 5.09. The van der Waals surface area contributed by atoms with Gasteiger partial charge in [0.2, 0.25) is 11.8 Å². The van der Waals surface area contributed by atoms with Crippen molar-refractivity contribution in [3.05, 3.63) is 11.7 Å². The highest BCUT2D eigenvalue weighted by molar-refractivity contribution is 5.91. The van der Waals surface area contributed by atoms with Crippen LogP contribution in [0.4, 0.5) is 0 Å². The van der Waals surface area contributed by atoms with Gasteiger partial charge in [-0.3, -0.25) is 9.59 Å². The zero-order chi connectivity index (χ0) is 13.2. The van der Waals surface area contributed by atoms with Crippen LogP contribution in [-0.4, -0.2) is 41.1 Å². The Balaban J connectivity index is 1.62. The van der Waals surface area contributed by atoms with Crippen LogP contribution >= 0.6 is 0 Å². The number of nitrogens with zero attached hydrogens (tertiary/aromatic N) is 2. The Morgan fingerprint density at radius 1 is 1.47 bits per heavy atom. The molecule has 8 heteroatoms. The van der Waals surface area contributed by atoms with Crippen LogP contribution < -0.4 is 16.0 Å². The molecule has 2 aliphatic rings. The quantitative estimate of drug-likeness (QED) is 0.654. The van der Waals surface area contributed by atoms with Crippen LogP contribution in [0.3, 0.4) is 0 Å². The van der Waals surface area contributed by atoms with E-state index < -0.39 is 5.91 Å². The summed E-state index contributed by atoms with van der Waals surface area (Å²) in [5.41, 5.74) is 0. The van der Waals surface area contributed by atoms with Gasteiger partial charge in [0.25, 0.3) is 11.7 Å². The fourth-order valence-corrected chi connectivity index (χ4v) is 2.32. The first-order chi connectivity index (χ1) is 9.22. The lowest BCUT2D eigenvalue weighted by atomic mass is 10.2. The lowest BCUT2D eigenvalue weighted by molar-refractivity contribution is -0.119. The van der Waals surface area contributed by atoms with E-state index in [1.54, 1.807) is 0 Å². The second kappa shape index (κ2) is 4.96. The molecule has 0 spiro atoms. The standard InChI is InChI=1S/C11H15N5O3/c17-8-4-6(5-13-8)14-10(18)9-15-11(19-16-9)7-2-1-3-12-7/h6-7,12H,1-5H2,(H,13,17)(H,14,18). The van der Waals surface area contributed by atoms with Crippen molar-refractivity contribution in [2.45, 2.75) is 31.3 Å². The molecule has 102 valence electrons. The Morgan fingerprint density at radius 3 is 3.05 bits per heavy atom. The topological polar surface area (TPSA) is 109 Å². The summed E-state index contributed by atoms with van der Waals surface area (Å²) >= 11 is 0. The largest absolute Gasteiger partial charge is 0.354 e. The van der Waals surface area contributed by atoms with E-state index in [2.05, 4.69) is 26.1 Å². The Kier molecular flexibility index (Phi) is 3.16. The molecule has 19 heavy (non-hydrogen) atoms. The first-order valence-electron chi connectivity index (χ1n) is 6.37. The van der Waals surface area contributed by atoms with E-state index in [1.807, 2.05) is 0 Å². The highest BCUT2D eigenvalue weighted by Crippen LogP contribution is 2.20. The fraction of sp³-hybridized carbons (Fsp3) is 0.636. The summed E-state index contributed by atoms with van der Waals surface area (Å²) in [4.78, 5) is 27.0. The normalized spacial score (nSPS) is 26.4. The Labute approximate surface area is 109 Å². The van der Waals surface area contributed by atoms with Crippen molar-refractivity contribution < 1.29 is 14.1 Å². The van der Waals surface area contributed by atoms with Crippen LogP contribution in [-0.2, 0) is 4.79 Å². The van der Waals surface area contributed by atoms with Crippen molar-refractivity contribution in [2.24, 2.45) is 0 Å². The molecule has 0 bridgehead atoms. The maximum Gasteiger partial charge on any atom is 0.292 e. The van der Waals surface area contributed by atoms with Gasteiger partial charge >= 0.3 is 0 Å². The van der Waals surface area contributed by atoms with Crippen LogP contribution in [0.25, 0.3) is 0 Å². The monoisotopic (exact) mass is 265 g/mol. The number of rotatable bonds is 3. The van der Waals surface area contributed by atoms with Gasteiger partial charge in [0, 0.05) is 13.0 Å². The summed E-state index contributed by atoms with van der Waals surface area (Å²) in [5, 5.41) is 12.3. The van der Waals surface area contributed by atoms with Gasteiger partial charge in [0.15, 0.2) is 0 Å². The van der Waals surface area contributed by atoms with Gasteiger partial charge in [-0.05, 0) is 19.4 Å². The number of hydrogen-bond donors (Lipinski definition) is 3. The summed E-state index contributed by atoms with van der Waals surface area (Å²) in [7, 11) is 0. The van der Waals surface area contributed by atoms with Crippen molar-refractivity contribution in [2.75, 3.05) is 13.1 Å². The summed E-state index contributed by atoms with van der Waals surface area (Å²) in [6.07, 6.45) is 2.29. The lowest BCUT2D eigenvalue weighted by Crippen LogP contribution is -2.36. The molecular weight excluding hydrogens is 250 g/mol. The highest BCUT2D eigenvalue weighted by Gasteiger charge is 2.27. The molecule has 3 rings (SSSR count). The third kappa shape index (κ3) is 2.58. The first-order valence-corrected chi connectivity index (χ1v) is 6.37. The van der Waals surface area contributed by atoms with E-state index >= 15 is 0 Å². The van der Waals surface area contributed by atoms with E-state index in [4.69, 9.17) is 4.52 Å². The second-order valence-electron chi connectivity index (χ2n) is 4.78. The molecule has 2 unspecified atom stereocenters. The third-order valence-electron chi connectivity index (χ3n) is 3.32. The second-order valence-corrected chi connectivity index (χ2v) is 4.78. The molecule has 3 heterocycles. The maximum absolute atomic E-state index is 11.9. The zero-order valence-electron chi connectivity index (χ0n) is 10.3. The van der Waals surface area contributed by atoms with Crippen molar-refractivity contribution in [3.63, 3.8) is 0 Å². The van der Waals surface area contributed by atoms with Gasteiger partial charge in [-0.2, -0.15) is 4.98 Å². The van der Waals surface area contributed by atoms with Gasteiger partial charge in [0.05, 0.1) is 12.1 Å². The summed E-state index contributed by atoms with van der Waals surface area (Å²) in [6, 6.07) is -0.157. The molecule has 0 saturated carbocycles. The summed E-state index contributed by atoms with van der Waals surface area (Å²) in [5.74, 6) is -0.00456. The summed E-state index contributed by atoms with van der Waals surface area (Å²) in [6.45, 7) is 1.36. The Hall–Kier alpha value is -1.96. The molecule has 2 amide bonds. The number of hydrogen-bond acceptors (Lipinski definition) is 6. The molecule has 8 nitrogen and oxygen atoms in total. The maximum atomic E-state index is 11.9. The molecule has 2 atom stereocenters. The molecule has 2 saturated heterocycles. The molecule has 0 aromatic carbocycles. The van der Waals surface area contributed by atoms with Crippen LogP contribution in [0.15, 0.2) is 4.52 Å². The van der Waals surface area contributed by atoms with Gasteiger partial charge in [-0.15, -0.1) is 0 Å². The van der Waals surface area contributed by atoms with Crippen molar-refractivity contribution >= 4 is 11.8 Å². The van der Waals surface area contributed by atoms with E-state index in [-0.39, 0.29) is 23.8 Å². The third-order valence-corrected chi connectivity index (χ3v) is 3.32. The Bertz CT molecular complexity index is 494. The highest BCUT2D eigenvalue weighted by atomic mass is 16.5. The number of carbonyl (C=O) groups is 2. The molecular formula is C11H15N5O3. The molecule has 0 aliphatic carbocycles. The van der Waals surface area contributed by atoms with Crippen LogP contribution in [0.5, 0.6) is 0 Å². The molecule has 0 radical (unpaired) electrons. The van der Waals surface area contributed by atoms with E-state index in [0.29, 0.717) is 18.9 Å². The predicted molar refractivity (Wildman–Crippen MR) is 63.2 cm³/mol. The van der Waals surface area contributed by atoms with Crippen LogP contribution in [0, 0.1) is 0 Å². The molecule has 2 fully saturated rings. The molecule has 1 aromatic rings. The molecule has 1 aromatic heterocycles. The average molecular weight is 265 g/mol. The lowest BCUT2D eigenvalue weighted by Gasteiger charge is -2.07. The van der Waals surface area contributed by atoms with Gasteiger partial charge < -0.3 is 20.5 Å². The SMILES string of the molecule is O=C1CC(NC(=O)c2noc(C3CCCN3)n2)CN1. The van der Waals surface area contributed by atoms with Gasteiger partial charge in [0.1, 0.15) is 0 Å². The van der Waals surface area contributed by atoms with E-state index in [1.165, 1.54) is 0 Å². The van der Waals surface area contributed by atoms with Crippen molar-refractivity contribution in [3.8, 4) is 0 Å². The Morgan fingerprint density at radius 2 is 2.37 bits per heavy atom. The minimum atomic E-state index is -0.408.